The van der Waals surface area contributed by atoms with E-state index < -0.39 is 15.9 Å². The van der Waals surface area contributed by atoms with Crippen LogP contribution in [0.4, 0.5) is 0 Å². The molecule has 0 bridgehead atoms. The summed E-state index contributed by atoms with van der Waals surface area (Å²) in [4.78, 5) is 8.36. The van der Waals surface area contributed by atoms with Crippen molar-refractivity contribution in [1.82, 2.24) is 9.97 Å². The van der Waals surface area contributed by atoms with Gasteiger partial charge in [0, 0.05) is 5.39 Å². The molecule has 3 rings (SSSR count). The number of thioether (sulfide) groups is 1. The van der Waals surface area contributed by atoms with Crippen molar-refractivity contribution in [3.05, 3.63) is 30.6 Å². The van der Waals surface area contributed by atoms with Crippen LogP contribution in [0.5, 0.6) is 0 Å². The topological polar surface area (TPSA) is 80.2 Å². The Morgan fingerprint density at radius 2 is 2.00 bits per heavy atom. The Balaban J connectivity index is 1.94. The lowest BCUT2D eigenvalue weighted by atomic mass is 10.2. The van der Waals surface area contributed by atoms with Crippen LogP contribution in [-0.4, -0.2) is 46.4 Å². The van der Waals surface area contributed by atoms with Gasteiger partial charge in [-0.2, -0.15) is 0 Å². The van der Waals surface area contributed by atoms with Gasteiger partial charge in [0.25, 0.3) is 0 Å². The monoisotopic (exact) mass is 296 g/mol. The van der Waals surface area contributed by atoms with Gasteiger partial charge in [-0.3, -0.25) is 0 Å². The highest BCUT2D eigenvalue weighted by Crippen LogP contribution is 2.33. The summed E-state index contributed by atoms with van der Waals surface area (Å²) in [6, 6.07) is 7.55. The fraction of sp³-hybridized carbons (Fsp3) is 0.333. The number of hydrogen-bond donors (Lipinski definition) is 1. The van der Waals surface area contributed by atoms with E-state index in [9.17, 15) is 13.5 Å². The molecule has 100 valence electrons. The van der Waals surface area contributed by atoms with Crippen LogP contribution in [0.25, 0.3) is 10.9 Å². The summed E-state index contributed by atoms with van der Waals surface area (Å²) in [5, 5.41) is 11.1. The maximum absolute atomic E-state index is 11.5. The van der Waals surface area contributed by atoms with Gasteiger partial charge in [0.2, 0.25) is 0 Å². The van der Waals surface area contributed by atoms with Gasteiger partial charge in [-0.15, -0.1) is 0 Å². The van der Waals surface area contributed by atoms with E-state index in [1.165, 1.54) is 18.1 Å². The summed E-state index contributed by atoms with van der Waals surface area (Å²) in [6.07, 6.45) is 0.629. The number of aliphatic hydroxyl groups excluding tert-OH is 1. The Bertz CT molecular complexity index is 712. The summed E-state index contributed by atoms with van der Waals surface area (Å²) in [6.45, 7) is 0. The van der Waals surface area contributed by atoms with E-state index in [0.717, 1.165) is 10.9 Å². The van der Waals surface area contributed by atoms with Gasteiger partial charge in [-0.1, -0.05) is 30.0 Å². The highest BCUT2D eigenvalue weighted by molar-refractivity contribution is 8.02. The second-order valence-electron chi connectivity index (χ2n) is 4.50. The number of benzene rings is 1. The summed E-state index contributed by atoms with van der Waals surface area (Å²) in [5.74, 6) is -0.162. The molecule has 2 heterocycles. The van der Waals surface area contributed by atoms with Crippen molar-refractivity contribution in [1.29, 1.82) is 0 Å². The largest absolute Gasteiger partial charge is 0.391 e. The van der Waals surface area contributed by atoms with Crippen molar-refractivity contribution in [2.75, 3.05) is 11.5 Å². The molecule has 1 aliphatic heterocycles. The Labute approximate surface area is 115 Å². The third-order valence-corrected chi connectivity index (χ3v) is 6.30. The molecule has 1 N–H and O–H groups in total. The summed E-state index contributed by atoms with van der Waals surface area (Å²) >= 11 is 1.31. The Morgan fingerprint density at radius 1 is 1.21 bits per heavy atom. The van der Waals surface area contributed by atoms with Gasteiger partial charge in [-0.25, -0.2) is 18.4 Å². The first-order valence-electron chi connectivity index (χ1n) is 5.80. The van der Waals surface area contributed by atoms with E-state index in [4.69, 9.17) is 0 Å². The zero-order valence-electron chi connectivity index (χ0n) is 9.93. The number of nitrogens with zero attached hydrogens (tertiary/aromatic N) is 2. The van der Waals surface area contributed by atoms with Crippen LogP contribution >= 0.6 is 11.8 Å². The first kappa shape index (κ1) is 12.8. The van der Waals surface area contributed by atoms with Crippen LogP contribution in [0, 0.1) is 0 Å². The second kappa shape index (κ2) is 4.73. The van der Waals surface area contributed by atoms with E-state index >= 15 is 0 Å². The van der Waals surface area contributed by atoms with Gasteiger partial charge >= 0.3 is 0 Å². The van der Waals surface area contributed by atoms with Crippen molar-refractivity contribution in [3.63, 3.8) is 0 Å². The maximum atomic E-state index is 11.5. The lowest BCUT2D eigenvalue weighted by molar-refractivity contribution is 0.207. The van der Waals surface area contributed by atoms with Crippen molar-refractivity contribution in [2.24, 2.45) is 0 Å². The number of aromatic nitrogens is 2. The molecule has 19 heavy (non-hydrogen) atoms. The van der Waals surface area contributed by atoms with Gasteiger partial charge in [0.05, 0.1) is 28.4 Å². The second-order valence-corrected chi connectivity index (χ2v) is 7.88. The molecule has 2 aromatic rings. The van der Waals surface area contributed by atoms with Gasteiger partial charge < -0.3 is 5.11 Å². The Hall–Kier alpha value is -1.18. The average Bonchev–Trinajstić information content (AvgIpc) is 2.63. The highest BCUT2D eigenvalue weighted by atomic mass is 32.2. The van der Waals surface area contributed by atoms with E-state index in [2.05, 4.69) is 9.97 Å². The zero-order chi connectivity index (χ0) is 13.5. The smallest absolute Gasteiger partial charge is 0.154 e. The van der Waals surface area contributed by atoms with Crippen molar-refractivity contribution < 1.29 is 13.5 Å². The first-order chi connectivity index (χ1) is 9.05. The molecule has 0 radical (unpaired) electrons. The molecule has 5 nitrogen and oxygen atoms in total. The lowest BCUT2D eigenvalue weighted by Crippen LogP contribution is -2.20. The number of sulfone groups is 1. The van der Waals surface area contributed by atoms with Gasteiger partial charge in [0.15, 0.2) is 9.84 Å². The van der Waals surface area contributed by atoms with E-state index in [1.54, 1.807) is 0 Å². The average molecular weight is 296 g/mol. The number of hydrogen-bond acceptors (Lipinski definition) is 6. The zero-order valence-corrected chi connectivity index (χ0v) is 11.6. The molecule has 0 amide bonds. The fourth-order valence-electron chi connectivity index (χ4n) is 2.13. The summed E-state index contributed by atoms with van der Waals surface area (Å²) < 4.78 is 23.0. The number of rotatable bonds is 2. The Morgan fingerprint density at radius 3 is 2.74 bits per heavy atom. The molecule has 0 saturated carbocycles. The molecule has 0 aliphatic carbocycles. The standard InChI is InChI=1S/C12H12N2O3S2/c15-10-5-19(16,17)6-11(10)18-12-8-3-1-2-4-9(8)13-7-14-12/h1-4,7,10-11,15H,5-6H2/t10-,11+/m1/s1. The molecule has 0 unspecified atom stereocenters. The normalized spacial score (nSPS) is 25.7. The third-order valence-electron chi connectivity index (χ3n) is 3.04. The Kier molecular flexibility index (Phi) is 3.20. The molecule has 7 heteroatoms. The SMILES string of the molecule is O=S1(=O)C[C@@H](O)[C@@H](Sc2ncnc3ccccc23)C1. The first-order valence-corrected chi connectivity index (χ1v) is 8.50. The van der Waals surface area contributed by atoms with Crippen LogP contribution < -0.4 is 0 Å². The minimum absolute atomic E-state index is 0.00281. The van der Waals surface area contributed by atoms with Crippen molar-refractivity contribution in [3.8, 4) is 0 Å². The van der Waals surface area contributed by atoms with E-state index in [1.807, 2.05) is 24.3 Å². The molecule has 1 fully saturated rings. The molecule has 1 aliphatic rings. The molecular weight excluding hydrogens is 284 g/mol. The predicted molar refractivity (Wildman–Crippen MR) is 73.8 cm³/mol. The van der Waals surface area contributed by atoms with Crippen molar-refractivity contribution in [2.45, 2.75) is 16.4 Å². The van der Waals surface area contributed by atoms with Crippen LogP contribution in [0.15, 0.2) is 35.6 Å². The van der Waals surface area contributed by atoms with E-state index in [-0.39, 0.29) is 16.8 Å². The minimum atomic E-state index is -3.13. The molecule has 1 saturated heterocycles. The quantitative estimate of drug-likeness (QED) is 0.829. The number of fused-ring (bicyclic) bond motifs is 1. The van der Waals surface area contributed by atoms with Crippen LogP contribution in [0.2, 0.25) is 0 Å². The molecule has 0 spiro atoms. The van der Waals surface area contributed by atoms with Crippen LogP contribution in [0.3, 0.4) is 0 Å². The van der Waals surface area contributed by atoms with E-state index in [0.29, 0.717) is 5.03 Å². The van der Waals surface area contributed by atoms with Crippen LogP contribution in [0.1, 0.15) is 0 Å². The molecule has 1 aromatic heterocycles. The minimum Gasteiger partial charge on any atom is -0.391 e. The van der Waals surface area contributed by atoms with Crippen molar-refractivity contribution >= 4 is 32.5 Å². The third kappa shape index (κ3) is 2.58. The highest BCUT2D eigenvalue weighted by Gasteiger charge is 2.37. The summed E-state index contributed by atoms with van der Waals surface area (Å²) in [5.41, 5.74) is 0.815. The lowest BCUT2D eigenvalue weighted by Gasteiger charge is -2.12. The predicted octanol–water partition coefficient (Wildman–Crippen LogP) is 0.880. The molecule has 1 aromatic carbocycles. The number of aliphatic hydroxyl groups is 1. The fourth-order valence-corrected chi connectivity index (χ4v) is 5.70. The molecular formula is C12H12N2O3S2. The number of para-hydroxylation sites is 1. The molecule has 2 atom stereocenters. The van der Waals surface area contributed by atoms with Gasteiger partial charge in [0.1, 0.15) is 11.4 Å². The van der Waals surface area contributed by atoms with Gasteiger partial charge in [-0.05, 0) is 6.07 Å². The maximum Gasteiger partial charge on any atom is 0.154 e. The summed E-state index contributed by atoms with van der Waals surface area (Å²) in [7, 11) is -3.13. The van der Waals surface area contributed by atoms with Crippen LogP contribution in [-0.2, 0) is 9.84 Å².